The standard InChI is InChI=1S/C27H31FN2O3S2/c1-21-16-17-34-26(21)19-29(18-22-8-4-2-5-9-22)27(31)20-30(24-10-6-3-7-11-24)35(32,33)25-14-12-23(28)13-15-25/h2,4-5,8-9,12-17,24H,3,6-7,10-11,18-20H2,1H3. The van der Waals surface area contributed by atoms with Crippen molar-refractivity contribution in [3.63, 3.8) is 0 Å². The highest BCUT2D eigenvalue weighted by Gasteiger charge is 2.35. The number of carbonyl (C=O) groups is 1. The van der Waals surface area contributed by atoms with E-state index in [0.717, 1.165) is 60.2 Å². The van der Waals surface area contributed by atoms with E-state index in [-0.39, 0.29) is 23.4 Å². The van der Waals surface area contributed by atoms with E-state index in [1.54, 1.807) is 16.2 Å². The number of nitrogens with zero attached hydrogens (tertiary/aromatic N) is 2. The lowest BCUT2D eigenvalue weighted by Gasteiger charge is -2.34. The minimum Gasteiger partial charge on any atom is -0.332 e. The molecule has 0 saturated heterocycles. The molecule has 0 spiro atoms. The summed E-state index contributed by atoms with van der Waals surface area (Å²) in [5.41, 5.74) is 2.10. The number of hydrogen-bond donors (Lipinski definition) is 0. The number of rotatable bonds is 9. The van der Waals surface area contributed by atoms with Gasteiger partial charge in [-0.25, -0.2) is 12.8 Å². The Hall–Kier alpha value is -2.55. The van der Waals surface area contributed by atoms with Crippen LogP contribution in [0.25, 0.3) is 0 Å². The molecule has 0 aliphatic heterocycles. The second-order valence-corrected chi connectivity index (χ2v) is 11.9. The van der Waals surface area contributed by atoms with E-state index < -0.39 is 15.8 Å². The van der Waals surface area contributed by atoms with E-state index in [9.17, 15) is 17.6 Å². The maximum atomic E-state index is 13.7. The molecular weight excluding hydrogens is 483 g/mol. The van der Waals surface area contributed by atoms with Crippen molar-refractivity contribution in [3.8, 4) is 0 Å². The normalized spacial score (nSPS) is 14.8. The van der Waals surface area contributed by atoms with Gasteiger partial charge in [0, 0.05) is 17.5 Å². The van der Waals surface area contributed by atoms with Crippen LogP contribution < -0.4 is 0 Å². The predicted molar refractivity (Wildman–Crippen MR) is 137 cm³/mol. The molecule has 35 heavy (non-hydrogen) atoms. The Morgan fingerprint density at radius 3 is 2.29 bits per heavy atom. The van der Waals surface area contributed by atoms with Gasteiger partial charge in [-0.05, 0) is 66.6 Å². The molecular formula is C27H31FN2O3S2. The Balaban J connectivity index is 1.63. The molecule has 1 aliphatic rings. The van der Waals surface area contributed by atoms with Crippen molar-refractivity contribution in [1.29, 1.82) is 0 Å². The van der Waals surface area contributed by atoms with E-state index in [4.69, 9.17) is 0 Å². The van der Waals surface area contributed by atoms with Crippen LogP contribution in [0.1, 0.15) is 48.1 Å². The molecule has 3 aromatic rings. The number of sulfonamides is 1. The van der Waals surface area contributed by atoms with Crippen molar-refractivity contribution in [2.75, 3.05) is 6.54 Å². The topological polar surface area (TPSA) is 57.7 Å². The van der Waals surface area contributed by atoms with Crippen molar-refractivity contribution < 1.29 is 17.6 Å². The fourth-order valence-corrected chi connectivity index (χ4v) is 7.09. The summed E-state index contributed by atoms with van der Waals surface area (Å²) in [5, 5.41) is 2.00. The van der Waals surface area contributed by atoms with Gasteiger partial charge < -0.3 is 4.90 Å². The van der Waals surface area contributed by atoms with Gasteiger partial charge in [-0.15, -0.1) is 11.3 Å². The fraction of sp³-hybridized carbons (Fsp3) is 0.370. The summed E-state index contributed by atoms with van der Waals surface area (Å²) >= 11 is 1.60. The summed E-state index contributed by atoms with van der Waals surface area (Å²) < 4.78 is 42.2. The Kier molecular flexibility index (Phi) is 8.36. The average Bonchev–Trinajstić information content (AvgIpc) is 3.27. The van der Waals surface area contributed by atoms with Gasteiger partial charge in [0.25, 0.3) is 0 Å². The monoisotopic (exact) mass is 514 g/mol. The van der Waals surface area contributed by atoms with Crippen LogP contribution in [0, 0.1) is 12.7 Å². The third-order valence-electron chi connectivity index (χ3n) is 6.56. The predicted octanol–water partition coefficient (Wildman–Crippen LogP) is 5.75. The zero-order valence-electron chi connectivity index (χ0n) is 19.9. The minimum absolute atomic E-state index is 0.0148. The Labute approximate surface area is 211 Å². The molecule has 1 saturated carbocycles. The van der Waals surface area contributed by atoms with Gasteiger partial charge in [-0.3, -0.25) is 4.79 Å². The number of benzene rings is 2. The van der Waals surface area contributed by atoms with E-state index >= 15 is 0 Å². The molecule has 0 bridgehead atoms. The summed E-state index contributed by atoms with van der Waals surface area (Å²) in [6.45, 7) is 2.60. The van der Waals surface area contributed by atoms with Gasteiger partial charge in [0.05, 0.1) is 18.0 Å². The van der Waals surface area contributed by atoms with Crippen LogP contribution in [0.15, 0.2) is 70.9 Å². The Morgan fingerprint density at radius 2 is 1.66 bits per heavy atom. The van der Waals surface area contributed by atoms with Crippen LogP contribution in [-0.2, 0) is 27.9 Å². The first-order valence-corrected chi connectivity index (χ1v) is 14.3. The second-order valence-electron chi connectivity index (χ2n) is 9.06. The van der Waals surface area contributed by atoms with Gasteiger partial charge in [0.2, 0.25) is 15.9 Å². The molecule has 1 amide bonds. The van der Waals surface area contributed by atoms with E-state index in [1.807, 2.05) is 48.7 Å². The number of halogens is 1. The number of amides is 1. The Bertz CT molecular complexity index is 1220. The summed E-state index contributed by atoms with van der Waals surface area (Å²) in [6.07, 6.45) is 4.35. The first-order valence-electron chi connectivity index (χ1n) is 12.0. The second kappa shape index (κ2) is 11.5. The zero-order chi connectivity index (χ0) is 24.8. The van der Waals surface area contributed by atoms with Crippen molar-refractivity contribution in [3.05, 3.63) is 87.9 Å². The van der Waals surface area contributed by atoms with Crippen LogP contribution in [-0.4, -0.2) is 36.1 Å². The molecule has 0 unspecified atom stereocenters. The maximum Gasteiger partial charge on any atom is 0.243 e. The first-order chi connectivity index (χ1) is 16.8. The molecule has 1 aliphatic carbocycles. The third kappa shape index (κ3) is 6.37. The molecule has 1 aromatic heterocycles. The van der Waals surface area contributed by atoms with E-state index in [2.05, 4.69) is 0 Å². The van der Waals surface area contributed by atoms with Crippen LogP contribution in [0.4, 0.5) is 4.39 Å². The average molecular weight is 515 g/mol. The molecule has 5 nitrogen and oxygen atoms in total. The largest absolute Gasteiger partial charge is 0.332 e. The summed E-state index contributed by atoms with van der Waals surface area (Å²) in [5.74, 6) is -0.734. The zero-order valence-corrected chi connectivity index (χ0v) is 21.5. The third-order valence-corrected chi connectivity index (χ3v) is 9.49. The molecule has 2 aromatic carbocycles. The lowest BCUT2D eigenvalue weighted by molar-refractivity contribution is -0.133. The fourth-order valence-electron chi connectivity index (χ4n) is 4.53. The lowest BCUT2D eigenvalue weighted by atomic mass is 9.95. The van der Waals surface area contributed by atoms with Crippen LogP contribution in [0.5, 0.6) is 0 Å². The lowest BCUT2D eigenvalue weighted by Crippen LogP contribution is -2.47. The van der Waals surface area contributed by atoms with Crippen LogP contribution >= 0.6 is 11.3 Å². The highest BCUT2D eigenvalue weighted by atomic mass is 32.2. The smallest absolute Gasteiger partial charge is 0.243 e. The number of aryl methyl sites for hydroxylation is 1. The molecule has 8 heteroatoms. The van der Waals surface area contributed by atoms with Gasteiger partial charge in [0.1, 0.15) is 5.82 Å². The van der Waals surface area contributed by atoms with E-state index in [0.29, 0.717) is 13.1 Å². The van der Waals surface area contributed by atoms with Crippen molar-refractivity contribution in [1.82, 2.24) is 9.21 Å². The molecule has 1 fully saturated rings. The van der Waals surface area contributed by atoms with Gasteiger partial charge in [-0.2, -0.15) is 4.31 Å². The van der Waals surface area contributed by atoms with Crippen molar-refractivity contribution >= 4 is 27.3 Å². The van der Waals surface area contributed by atoms with Crippen LogP contribution in [0.2, 0.25) is 0 Å². The molecule has 0 atom stereocenters. The number of thiophene rings is 1. The Morgan fingerprint density at radius 1 is 0.971 bits per heavy atom. The quantitative estimate of drug-likeness (QED) is 0.365. The molecule has 186 valence electrons. The molecule has 4 rings (SSSR count). The number of hydrogen-bond acceptors (Lipinski definition) is 4. The van der Waals surface area contributed by atoms with Gasteiger partial charge in [-0.1, -0.05) is 49.6 Å². The van der Waals surface area contributed by atoms with Crippen molar-refractivity contribution in [2.24, 2.45) is 0 Å². The SMILES string of the molecule is Cc1ccsc1CN(Cc1ccccc1)C(=O)CN(C1CCCCC1)S(=O)(=O)c1ccc(F)cc1. The highest BCUT2D eigenvalue weighted by Crippen LogP contribution is 2.29. The van der Waals surface area contributed by atoms with Crippen LogP contribution in [0.3, 0.4) is 0 Å². The number of carbonyl (C=O) groups excluding carboxylic acids is 1. The molecule has 0 N–H and O–H groups in total. The maximum absolute atomic E-state index is 13.7. The summed E-state index contributed by atoms with van der Waals surface area (Å²) in [7, 11) is -3.97. The van der Waals surface area contributed by atoms with Gasteiger partial charge in [0.15, 0.2) is 0 Å². The van der Waals surface area contributed by atoms with Crippen molar-refractivity contribution in [2.45, 2.75) is 63.1 Å². The first kappa shape index (κ1) is 25.5. The molecule has 0 radical (unpaired) electrons. The minimum atomic E-state index is -3.97. The van der Waals surface area contributed by atoms with Gasteiger partial charge >= 0.3 is 0 Å². The molecule has 1 heterocycles. The summed E-state index contributed by atoms with van der Waals surface area (Å²) in [6, 6.07) is 16.4. The summed E-state index contributed by atoms with van der Waals surface area (Å²) in [4.78, 5) is 16.6. The van der Waals surface area contributed by atoms with E-state index in [1.165, 1.54) is 16.4 Å². The highest BCUT2D eigenvalue weighted by molar-refractivity contribution is 7.89.